The van der Waals surface area contributed by atoms with Crippen molar-refractivity contribution in [2.75, 3.05) is 11.9 Å². The lowest BCUT2D eigenvalue weighted by molar-refractivity contribution is -0.384. The van der Waals surface area contributed by atoms with Gasteiger partial charge in [-0.15, -0.1) is 0 Å². The Morgan fingerprint density at radius 1 is 1.40 bits per heavy atom. The number of nitrogens with one attached hydrogen (secondary N) is 1. The van der Waals surface area contributed by atoms with Crippen molar-refractivity contribution in [2.45, 2.75) is 37.7 Å². The molecule has 6 heteroatoms. The van der Waals surface area contributed by atoms with Gasteiger partial charge in [0.2, 0.25) is 0 Å². The van der Waals surface area contributed by atoms with Gasteiger partial charge in [-0.2, -0.15) is 5.26 Å². The van der Waals surface area contributed by atoms with Crippen molar-refractivity contribution in [1.82, 2.24) is 0 Å². The van der Waals surface area contributed by atoms with Gasteiger partial charge >= 0.3 is 5.69 Å². The van der Waals surface area contributed by atoms with E-state index in [1.165, 1.54) is 6.07 Å². The Labute approximate surface area is 117 Å². The van der Waals surface area contributed by atoms with Crippen LogP contribution in [0.5, 0.6) is 0 Å². The first-order valence-corrected chi connectivity index (χ1v) is 6.69. The number of hydrogen-bond donors (Lipinski definition) is 2. The number of hydrogen-bond acceptors (Lipinski definition) is 5. The topological polar surface area (TPSA) is 99.2 Å². The first-order chi connectivity index (χ1) is 9.56. The molecule has 0 amide bonds. The van der Waals surface area contributed by atoms with Gasteiger partial charge in [0, 0.05) is 6.54 Å². The molecule has 0 unspecified atom stereocenters. The van der Waals surface area contributed by atoms with E-state index in [4.69, 9.17) is 5.26 Å². The highest BCUT2D eigenvalue weighted by atomic mass is 16.6. The molecule has 1 saturated carbocycles. The van der Waals surface area contributed by atoms with Crippen molar-refractivity contribution in [1.29, 1.82) is 5.26 Å². The molecule has 106 valence electrons. The lowest BCUT2D eigenvalue weighted by atomic mass is 9.85. The molecule has 1 aliphatic rings. The van der Waals surface area contributed by atoms with Crippen LogP contribution in [0.4, 0.5) is 11.4 Å². The highest BCUT2D eigenvalue weighted by molar-refractivity contribution is 5.68. The van der Waals surface area contributed by atoms with Crippen LogP contribution in [-0.4, -0.2) is 22.2 Å². The maximum Gasteiger partial charge on any atom is 0.309 e. The summed E-state index contributed by atoms with van der Waals surface area (Å²) in [6, 6.07) is 6.39. The van der Waals surface area contributed by atoms with Gasteiger partial charge in [-0.3, -0.25) is 10.1 Å². The number of nitriles is 1. The lowest BCUT2D eigenvalue weighted by Gasteiger charge is -2.32. The smallest absolute Gasteiger partial charge is 0.309 e. The van der Waals surface area contributed by atoms with Gasteiger partial charge in [0.05, 0.1) is 10.5 Å². The molecule has 0 aliphatic heterocycles. The molecule has 6 nitrogen and oxygen atoms in total. The molecule has 0 bridgehead atoms. The molecule has 2 N–H and O–H groups in total. The van der Waals surface area contributed by atoms with E-state index in [-0.39, 0.29) is 23.5 Å². The Bertz CT molecular complexity index is 545. The van der Waals surface area contributed by atoms with Crippen LogP contribution in [0, 0.1) is 21.4 Å². The lowest BCUT2D eigenvalue weighted by Crippen LogP contribution is -2.38. The van der Waals surface area contributed by atoms with E-state index in [0.717, 1.165) is 19.3 Å². The minimum absolute atomic E-state index is 0.0237. The molecule has 0 atom stereocenters. The predicted octanol–water partition coefficient (Wildman–Crippen LogP) is 2.57. The molecule has 0 saturated heterocycles. The monoisotopic (exact) mass is 275 g/mol. The maximum absolute atomic E-state index is 11.1. The van der Waals surface area contributed by atoms with E-state index in [9.17, 15) is 15.2 Å². The van der Waals surface area contributed by atoms with Crippen molar-refractivity contribution in [2.24, 2.45) is 0 Å². The van der Waals surface area contributed by atoms with Gasteiger partial charge in [-0.05, 0) is 25.0 Å². The van der Waals surface area contributed by atoms with Crippen LogP contribution in [-0.2, 0) is 0 Å². The van der Waals surface area contributed by atoms with E-state index in [1.807, 2.05) is 6.07 Å². The van der Waals surface area contributed by atoms with Crippen molar-refractivity contribution < 1.29 is 10.0 Å². The van der Waals surface area contributed by atoms with Crippen molar-refractivity contribution in [3.05, 3.63) is 33.9 Å². The highest BCUT2D eigenvalue weighted by Crippen LogP contribution is 2.31. The summed E-state index contributed by atoms with van der Waals surface area (Å²) in [5.74, 6) is 0. The Kier molecular flexibility index (Phi) is 4.20. The maximum atomic E-state index is 11.1. The van der Waals surface area contributed by atoms with Gasteiger partial charge in [0.25, 0.3) is 0 Å². The van der Waals surface area contributed by atoms with Crippen molar-refractivity contribution >= 4 is 11.4 Å². The Morgan fingerprint density at radius 3 is 2.70 bits per heavy atom. The fourth-order valence-corrected chi connectivity index (χ4v) is 2.62. The van der Waals surface area contributed by atoms with Gasteiger partial charge in [0.15, 0.2) is 0 Å². The summed E-state index contributed by atoms with van der Waals surface area (Å²) >= 11 is 0. The fraction of sp³-hybridized carbons (Fsp3) is 0.500. The quantitative estimate of drug-likeness (QED) is 0.650. The zero-order valence-corrected chi connectivity index (χ0v) is 11.1. The Morgan fingerprint density at radius 2 is 2.10 bits per heavy atom. The third-order valence-corrected chi connectivity index (χ3v) is 3.73. The van der Waals surface area contributed by atoms with E-state index in [0.29, 0.717) is 12.8 Å². The van der Waals surface area contributed by atoms with Gasteiger partial charge in [0.1, 0.15) is 17.3 Å². The molecule has 0 radical (unpaired) electrons. The number of anilines is 1. The minimum atomic E-state index is -0.811. The van der Waals surface area contributed by atoms with Crippen LogP contribution < -0.4 is 5.32 Å². The summed E-state index contributed by atoms with van der Waals surface area (Å²) in [7, 11) is 0. The molecule has 0 aromatic heterocycles. The SMILES string of the molecule is N#Cc1cccc(NCC2(O)CCCCC2)c1[N+](=O)[O-]. The molecule has 0 heterocycles. The first-order valence-electron chi connectivity index (χ1n) is 6.69. The third-order valence-electron chi connectivity index (χ3n) is 3.73. The zero-order valence-electron chi connectivity index (χ0n) is 11.1. The zero-order chi connectivity index (χ0) is 14.6. The second-order valence-corrected chi connectivity index (χ2v) is 5.21. The molecule has 2 rings (SSSR count). The first kappa shape index (κ1) is 14.3. The standard InChI is InChI=1S/C14H17N3O3/c15-9-11-5-4-6-12(13(11)17(19)20)16-10-14(18)7-2-1-3-8-14/h4-6,16,18H,1-3,7-8,10H2. The summed E-state index contributed by atoms with van der Waals surface area (Å²) in [4.78, 5) is 10.5. The number of para-hydroxylation sites is 1. The number of rotatable bonds is 4. The van der Waals surface area contributed by atoms with Crippen LogP contribution in [0.3, 0.4) is 0 Å². The third kappa shape index (κ3) is 3.06. The largest absolute Gasteiger partial charge is 0.388 e. The molecule has 1 aliphatic carbocycles. The number of nitro groups is 1. The summed E-state index contributed by atoms with van der Waals surface area (Å²) < 4.78 is 0. The number of aliphatic hydroxyl groups is 1. The molecule has 20 heavy (non-hydrogen) atoms. The van der Waals surface area contributed by atoms with Gasteiger partial charge in [-0.1, -0.05) is 25.3 Å². The molecular weight excluding hydrogens is 258 g/mol. The second kappa shape index (κ2) is 5.88. The Balaban J connectivity index is 2.17. The number of nitro benzene ring substituents is 1. The summed E-state index contributed by atoms with van der Waals surface area (Å²) in [5, 5.41) is 33.3. The van der Waals surface area contributed by atoms with E-state index in [1.54, 1.807) is 12.1 Å². The fourth-order valence-electron chi connectivity index (χ4n) is 2.62. The summed E-state index contributed by atoms with van der Waals surface area (Å²) in [6.45, 7) is 0.267. The van der Waals surface area contributed by atoms with Crippen LogP contribution in [0.2, 0.25) is 0 Å². The van der Waals surface area contributed by atoms with E-state index < -0.39 is 10.5 Å². The number of nitrogens with zero attached hydrogens (tertiary/aromatic N) is 2. The van der Waals surface area contributed by atoms with E-state index >= 15 is 0 Å². The molecule has 1 aromatic rings. The molecule has 1 fully saturated rings. The van der Waals surface area contributed by atoms with E-state index in [2.05, 4.69) is 5.32 Å². The summed E-state index contributed by atoms with van der Waals surface area (Å²) in [5.41, 5.74) is -0.729. The Hall–Kier alpha value is -2.13. The average Bonchev–Trinajstić information content (AvgIpc) is 2.45. The number of benzene rings is 1. The summed E-state index contributed by atoms with van der Waals surface area (Å²) in [6.07, 6.45) is 4.46. The molecular formula is C14H17N3O3. The van der Waals surface area contributed by atoms with Crippen LogP contribution >= 0.6 is 0 Å². The predicted molar refractivity (Wildman–Crippen MR) is 74.3 cm³/mol. The highest BCUT2D eigenvalue weighted by Gasteiger charge is 2.30. The molecule has 1 aromatic carbocycles. The van der Waals surface area contributed by atoms with Crippen LogP contribution in [0.1, 0.15) is 37.7 Å². The van der Waals surface area contributed by atoms with Gasteiger partial charge < -0.3 is 10.4 Å². The van der Waals surface area contributed by atoms with Crippen LogP contribution in [0.15, 0.2) is 18.2 Å². The van der Waals surface area contributed by atoms with Gasteiger partial charge in [-0.25, -0.2) is 0 Å². The van der Waals surface area contributed by atoms with Crippen LogP contribution in [0.25, 0.3) is 0 Å². The second-order valence-electron chi connectivity index (χ2n) is 5.21. The van der Waals surface area contributed by atoms with Crippen molar-refractivity contribution in [3.8, 4) is 6.07 Å². The molecule has 0 spiro atoms. The van der Waals surface area contributed by atoms with Crippen molar-refractivity contribution in [3.63, 3.8) is 0 Å². The average molecular weight is 275 g/mol. The normalized spacial score (nSPS) is 17.2. The minimum Gasteiger partial charge on any atom is -0.388 e.